The van der Waals surface area contributed by atoms with E-state index in [1.807, 2.05) is 19.2 Å². The molecular weight excluding hydrogens is 248 g/mol. The van der Waals surface area contributed by atoms with E-state index in [1.165, 1.54) is 5.56 Å². The molecule has 0 aliphatic carbocycles. The summed E-state index contributed by atoms with van der Waals surface area (Å²) >= 11 is 0. The van der Waals surface area contributed by atoms with Crippen LogP contribution in [0.4, 0.5) is 17.3 Å². The van der Waals surface area contributed by atoms with Gasteiger partial charge in [-0.2, -0.15) is 0 Å². The number of nitrogens with zero attached hydrogens (tertiary/aromatic N) is 2. The number of aromatic nitrogens is 2. The number of aryl methyl sites for hydroxylation is 1. The maximum absolute atomic E-state index is 4.53. The zero-order valence-electron chi connectivity index (χ0n) is 12.6. The molecule has 2 aromatic rings. The first-order valence-corrected chi connectivity index (χ1v) is 7.05. The fourth-order valence-electron chi connectivity index (χ4n) is 2.10. The second kappa shape index (κ2) is 6.37. The molecule has 1 aromatic heterocycles. The maximum atomic E-state index is 4.53. The summed E-state index contributed by atoms with van der Waals surface area (Å²) in [6, 6.07) is 10.3. The zero-order chi connectivity index (χ0) is 14.5. The van der Waals surface area contributed by atoms with E-state index in [-0.39, 0.29) is 0 Å². The number of hydrogen-bond donors (Lipinski definition) is 2. The molecule has 2 N–H and O–H groups in total. The number of rotatable bonds is 5. The summed E-state index contributed by atoms with van der Waals surface area (Å²) < 4.78 is 0. The Bertz CT molecular complexity index is 556. The lowest BCUT2D eigenvalue weighted by Gasteiger charge is -2.15. The molecule has 0 spiro atoms. The summed E-state index contributed by atoms with van der Waals surface area (Å²) in [6.45, 7) is 6.44. The molecule has 0 atom stereocenters. The standard InChI is InChI=1S/C16H22N4/c1-5-14-19-15(17-4)10-16(20-14)18-13-9-7-6-8-12(13)11(2)3/h6-11H,5H2,1-4H3,(H2,17,18,19,20). The first-order valence-electron chi connectivity index (χ1n) is 7.05. The second-order valence-corrected chi connectivity index (χ2v) is 5.03. The number of benzene rings is 1. The minimum Gasteiger partial charge on any atom is -0.373 e. The van der Waals surface area contributed by atoms with Gasteiger partial charge in [-0.15, -0.1) is 0 Å². The third kappa shape index (κ3) is 3.26. The Balaban J connectivity index is 2.34. The van der Waals surface area contributed by atoms with Crippen molar-refractivity contribution in [2.75, 3.05) is 17.7 Å². The maximum Gasteiger partial charge on any atom is 0.136 e. The summed E-state index contributed by atoms with van der Waals surface area (Å²) in [4.78, 5) is 8.94. The largest absolute Gasteiger partial charge is 0.373 e. The van der Waals surface area contributed by atoms with Gasteiger partial charge in [0.2, 0.25) is 0 Å². The highest BCUT2D eigenvalue weighted by atomic mass is 15.1. The van der Waals surface area contributed by atoms with Gasteiger partial charge in [-0.05, 0) is 17.5 Å². The van der Waals surface area contributed by atoms with Crippen LogP contribution in [0, 0.1) is 0 Å². The number of nitrogens with one attached hydrogen (secondary N) is 2. The molecule has 0 saturated carbocycles. The predicted molar refractivity (Wildman–Crippen MR) is 84.8 cm³/mol. The van der Waals surface area contributed by atoms with E-state index in [9.17, 15) is 0 Å². The van der Waals surface area contributed by atoms with Crippen LogP contribution < -0.4 is 10.6 Å². The molecule has 2 rings (SSSR count). The second-order valence-electron chi connectivity index (χ2n) is 5.03. The fourth-order valence-corrected chi connectivity index (χ4v) is 2.10. The molecule has 106 valence electrons. The molecule has 20 heavy (non-hydrogen) atoms. The average molecular weight is 270 g/mol. The van der Waals surface area contributed by atoms with E-state index in [1.54, 1.807) is 0 Å². The van der Waals surface area contributed by atoms with E-state index in [4.69, 9.17) is 0 Å². The van der Waals surface area contributed by atoms with E-state index in [0.29, 0.717) is 5.92 Å². The highest BCUT2D eigenvalue weighted by molar-refractivity contribution is 5.63. The topological polar surface area (TPSA) is 49.8 Å². The Kier molecular flexibility index (Phi) is 4.56. The summed E-state index contributed by atoms with van der Waals surface area (Å²) in [5.41, 5.74) is 2.39. The van der Waals surface area contributed by atoms with Gasteiger partial charge in [-0.3, -0.25) is 0 Å². The van der Waals surface area contributed by atoms with E-state index in [0.717, 1.165) is 29.6 Å². The van der Waals surface area contributed by atoms with Gasteiger partial charge in [0.1, 0.15) is 17.5 Å². The summed E-state index contributed by atoms with van der Waals surface area (Å²) in [6.07, 6.45) is 0.816. The van der Waals surface area contributed by atoms with Crippen LogP contribution in [0.5, 0.6) is 0 Å². The number of hydrogen-bond acceptors (Lipinski definition) is 4. The molecule has 0 unspecified atom stereocenters. The fraction of sp³-hybridized carbons (Fsp3) is 0.375. The van der Waals surface area contributed by atoms with Crippen LogP contribution in [0.3, 0.4) is 0 Å². The Hall–Kier alpha value is -2.10. The van der Waals surface area contributed by atoms with Gasteiger partial charge in [-0.1, -0.05) is 39.0 Å². The van der Waals surface area contributed by atoms with Crippen molar-refractivity contribution in [1.29, 1.82) is 0 Å². The number of para-hydroxylation sites is 1. The Morgan fingerprint density at radius 2 is 1.80 bits per heavy atom. The first-order chi connectivity index (χ1) is 9.63. The van der Waals surface area contributed by atoms with Crippen LogP contribution in [-0.2, 0) is 6.42 Å². The molecule has 1 aromatic carbocycles. The quantitative estimate of drug-likeness (QED) is 0.863. The smallest absolute Gasteiger partial charge is 0.136 e. The van der Waals surface area contributed by atoms with Crippen LogP contribution in [-0.4, -0.2) is 17.0 Å². The van der Waals surface area contributed by atoms with Crippen LogP contribution in [0.2, 0.25) is 0 Å². The average Bonchev–Trinajstić information content (AvgIpc) is 2.47. The highest BCUT2D eigenvalue weighted by Gasteiger charge is 2.08. The molecular formula is C16H22N4. The minimum atomic E-state index is 0.468. The SMILES string of the molecule is CCc1nc(NC)cc(Nc2ccccc2C(C)C)n1. The monoisotopic (exact) mass is 270 g/mol. The van der Waals surface area contributed by atoms with Gasteiger partial charge >= 0.3 is 0 Å². The Morgan fingerprint density at radius 1 is 1.10 bits per heavy atom. The molecule has 0 fully saturated rings. The van der Waals surface area contributed by atoms with Crippen LogP contribution >= 0.6 is 0 Å². The summed E-state index contributed by atoms with van der Waals surface area (Å²) in [7, 11) is 1.87. The van der Waals surface area contributed by atoms with Crippen molar-refractivity contribution in [3.05, 3.63) is 41.7 Å². The molecule has 0 radical (unpaired) electrons. The predicted octanol–water partition coefficient (Wildman–Crippen LogP) is 3.95. The minimum absolute atomic E-state index is 0.468. The molecule has 0 aliphatic heterocycles. The van der Waals surface area contributed by atoms with Gasteiger partial charge in [0.25, 0.3) is 0 Å². The van der Waals surface area contributed by atoms with Crippen molar-refractivity contribution in [1.82, 2.24) is 9.97 Å². The summed E-state index contributed by atoms with van der Waals surface area (Å²) in [5, 5.41) is 6.49. The molecule has 4 heteroatoms. The highest BCUT2D eigenvalue weighted by Crippen LogP contribution is 2.26. The van der Waals surface area contributed by atoms with Gasteiger partial charge < -0.3 is 10.6 Å². The van der Waals surface area contributed by atoms with Gasteiger partial charge in [0.15, 0.2) is 0 Å². The lowest BCUT2D eigenvalue weighted by Crippen LogP contribution is -2.04. The lowest BCUT2D eigenvalue weighted by molar-refractivity contribution is 0.868. The molecule has 0 bridgehead atoms. The van der Waals surface area contributed by atoms with Crippen molar-refractivity contribution in [2.24, 2.45) is 0 Å². The van der Waals surface area contributed by atoms with Crippen molar-refractivity contribution < 1.29 is 0 Å². The van der Waals surface area contributed by atoms with Gasteiger partial charge in [0.05, 0.1) is 0 Å². The van der Waals surface area contributed by atoms with E-state index < -0.39 is 0 Å². The van der Waals surface area contributed by atoms with Crippen molar-refractivity contribution in [3.8, 4) is 0 Å². The van der Waals surface area contributed by atoms with E-state index >= 15 is 0 Å². The molecule has 0 aliphatic rings. The molecule has 1 heterocycles. The third-order valence-corrected chi connectivity index (χ3v) is 3.19. The summed E-state index contributed by atoms with van der Waals surface area (Å²) in [5.74, 6) is 2.96. The Morgan fingerprint density at radius 3 is 2.45 bits per heavy atom. The van der Waals surface area contributed by atoms with Gasteiger partial charge in [0, 0.05) is 25.2 Å². The van der Waals surface area contributed by atoms with E-state index in [2.05, 4.69) is 59.6 Å². The van der Waals surface area contributed by atoms with Crippen LogP contribution in [0.1, 0.15) is 38.1 Å². The number of anilines is 3. The van der Waals surface area contributed by atoms with Gasteiger partial charge in [-0.25, -0.2) is 9.97 Å². The molecule has 0 amide bonds. The Labute approximate surface area is 120 Å². The molecule has 4 nitrogen and oxygen atoms in total. The lowest BCUT2D eigenvalue weighted by atomic mass is 10.0. The van der Waals surface area contributed by atoms with Crippen molar-refractivity contribution in [3.63, 3.8) is 0 Å². The third-order valence-electron chi connectivity index (χ3n) is 3.19. The zero-order valence-corrected chi connectivity index (χ0v) is 12.6. The van der Waals surface area contributed by atoms with Crippen LogP contribution in [0.25, 0.3) is 0 Å². The molecule has 0 saturated heterocycles. The van der Waals surface area contributed by atoms with Crippen molar-refractivity contribution >= 4 is 17.3 Å². The first kappa shape index (κ1) is 14.3. The van der Waals surface area contributed by atoms with Crippen molar-refractivity contribution in [2.45, 2.75) is 33.1 Å². The van der Waals surface area contributed by atoms with Crippen LogP contribution in [0.15, 0.2) is 30.3 Å². The normalized spacial score (nSPS) is 10.7.